The summed E-state index contributed by atoms with van der Waals surface area (Å²) in [7, 11) is 0. The van der Waals surface area contributed by atoms with Gasteiger partial charge in [0.1, 0.15) is 0 Å². The van der Waals surface area contributed by atoms with E-state index >= 15 is 0 Å². The van der Waals surface area contributed by atoms with E-state index in [1.54, 1.807) is 5.57 Å². The molecule has 1 aliphatic rings. The first-order chi connectivity index (χ1) is 5.24. The monoisotopic (exact) mass is 153 g/mol. The minimum absolute atomic E-state index is 0.708. The van der Waals surface area contributed by atoms with Gasteiger partial charge in [0.25, 0.3) is 0 Å². The maximum atomic E-state index is 5.62. The van der Waals surface area contributed by atoms with Crippen LogP contribution in [0.2, 0.25) is 0 Å². The van der Waals surface area contributed by atoms with Crippen LogP contribution in [0.15, 0.2) is 11.6 Å². The average Bonchev–Trinajstić information content (AvgIpc) is 2.05. The van der Waals surface area contributed by atoms with Gasteiger partial charge in [-0.1, -0.05) is 18.6 Å². The van der Waals surface area contributed by atoms with Crippen molar-refractivity contribution in [2.24, 2.45) is 17.6 Å². The Bertz CT molecular complexity index is 149. The summed E-state index contributed by atoms with van der Waals surface area (Å²) in [5.74, 6) is 1.56. The number of rotatable bonds is 2. The molecule has 64 valence electrons. The third-order valence-electron chi connectivity index (χ3n) is 2.86. The maximum Gasteiger partial charge on any atom is -0.00487 e. The number of allylic oxidation sites excluding steroid dienone is 2. The predicted octanol–water partition coefficient (Wildman–Crippen LogP) is 2.33. The van der Waals surface area contributed by atoms with Crippen molar-refractivity contribution in [2.45, 2.75) is 33.1 Å². The van der Waals surface area contributed by atoms with E-state index < -0.39 is 0 Å². The lowest BCUT2D eigenvalue weighted by Gasteiger charge is -2.25. The molecule has 0 aromatic carbocycles. The molecular weight excluding hydrogens is 134 g/mol. The van der Waals surface area contributed by atoms with Gasteiger partial charge < -0.3 is 5.73 Å². The molecular formula is C10H19N. The highest BCUT2D eigenvalue weighted by molar-refractivity contribution is 5.03. The molecule has 0 aromatic rings. The van der Waals surface area contributed by atoms with Crippen LogP contribution in [0.1, 0.15) is 33.1 Å². The second-order valence-electron chi connectivity index (χ2n) is 3.80. The number of nitrogens with two attached hydrogens (primary N) is 1. The van der Waals surface area contributed by atoms with E-state index in [1.165, 1.54) is 19.3 Å². The van der Waals surface area contributed by atoms with Gasteiger partial charge in [-0.2, -0.15) is 0 Å². The highest BCUT2D eigenvalue weighted by Crippen LogP contribution is 2.28. The standard InChI is InChI=1S/C10H19N/c1-8-3-5-10(6-4-8)9(2)7-11/h3,9-10H,4-7,11H2,1-2H3. The molecule has 2 N–H and O–H groups in total. The predicted molar refractivity (Wildman–Crippen MR) is 49.3 cm³/mol. The van der Waals surface area contributed by atoms with Crippen LogP contribution in [0.3, 0.4) is 0 Å². The zero-order valence-electron chi connectivity index (χ0n) is 7.64. The molecule has 0 aromatic heterocycles. The summed E-state index contributed by atoms with van der Waals surface area (Å²) in [6, 6.07) is 0. The fourth-order valence-electron chi connectivity index (χ4n) is 1.69. The Morgan fingerprint density at radius 2 is 2.45 bits per heavy atom. The van der Waals surface area contributed by atoms with Gasteiger partial charge in [0.15, 0.2) is 0 Å². The van der Waals surface area contributed by atoms with E-state index in [1.807, 2.05) is 0 Å². The van der Waals surface area contributed by atoms with E-state index in [0.29, 0.717) is 5.92 Å². The van der Waals surface area contributed by atoms with Gasteiger partial charge in [-0.15, -0.1) is 0 Å². The molecule has 0 amide bonds. The van der Waals surface area contributed by atoms with Crippen molar-refractivity contribution >= 4 is 0 Å². The van der Waals surface area contributed by atoms with Crippen LogP contribution >= 0.6 is 0 Å². The van der Waals surface area contributed by atoms with Crippen molar-refractivity contribution in [3.8, 4) is 0 Å². The first-order valence-corrected chi connectivity index (χ1v) is 4.59. The molecule has 0 aliphatic heterocycles. The highest BCUT2D eigenvalue weighted by Gasteiger charge is 2.17. The summed E-state index contributed by atoms with van der Waals surface area (Å²) < 4.78 is 0. The summed E-state index contributed by atoms with van der Waals surface area (Å²) in [5, 5.41) is 0. The lowest BCUT2D eigenvalue weighted by atomic mass is 9.82. The van der Waals surface area contributed by atoms with E-state index in [-0.39, 0.29) is 0 Å². The zero-order chi connectivity index (χ0) is 8.27. The van der Waals surface area contributed by atoms with E-state index in [4.69, 9.17) is 5.73 Å². The summed E-state index contributed by atoms with van der Waals surface area (Å²) in [5.41, 5.74) is 7.18. The van der Waals surface area contributed by atoms with Crippen LogP contribution in [0.4, 0.5) is 0 Å². The van der Waals surface area contributed by atoms with Crippen LogP contribution in [0.5, 0.6) is 0 Å². The van der Waals surface area contributed by atoms with Crippen LogP contribution in [-0.2, 0) is 0 Å². The highest BCUT2D eigenvalue weighted by atomic mass is 14.5. The lowest BCUT2D eigenvalue weighted by molar-refractivity contribution is 0.334. The molecule has 0 saturated heterocycles. The fraction of sp³-hybridized carbons (Fsp3) is 0.800. The van der Waals surface area contributed by atoms with Crippen LogP contribution < -0.4 is 5.73 Å². The summed E-state index contributed by atoms with van der Waals surface area (Å²) >= 11 is 0. The number of hydrogen-bond donors (Lipinski definition) is 1. The van der Waals surface area contributed by atoms with Crippen molar-refractivity contribution < 1.29 is 0 Å². The van der Waals surface area contributed by atoms with Crippen LogP contribution in [0, 0.1) is 11.8 Å². The molecule has 0 spiro atoms. The second kappa shape index (κ2) is 3.91. The van der Waals surface area contributed by atoms with E-state index in [9.17, 15) is 0 Å². The number of hydrogen-bond acceptors (Lipinski definition) is 1. The molecule has 2 atom stereocenters. The van der Waals surface area contributed by atoms with Gasteiger partial charge in [-0.3, -0.25) is 0 Å². The van der Waals surface area contributed by atoms with Gasteiger partial charge >= 0.3 is 0 Å². The third-order valence-corrected chi connectivity index (χ3v) is 2.86. The molecule has 1 rings (SSSR count). The SMILES string of the molecule is CC1=CCC(C(C)CN)CC1. The zero-order valence-corrected chi connectivity index (χ0v) is 7.64. The Morgan fingerprint density at radius 1 is 1.73 bits per heavy atom. The molecule has 0 radical (unpaired) electrons. The molecule has 11 heavy (non-hydrogen) atoms. The van der Waals surface area contributed by atoms with E-state index in [0.717, 1.165) is 12.5 Å². The van der Waals surface area contributed by atoms with Crippen LogP contribution in [-0.4, -0.2) is 6.54 Å². The molecule has 1 aliphatic carbocycles. The van der Waals surface area contributed by atoms with E-state index in [2.05, 4.69) is 19.9 Å². The van der Waals surface area contributed by atoms with Gasteiger partial charge in [-0.25, -0.2) is 0 Å². The lowest BCUT2D eigenvalue weighted by Crippen LogP contribution is -2.21. The molecule has 0 fully saturated rings. The molecule has 1 nitrogen and oxygen atoms in total. The average molecular weight is 153 g/mol. The smallest absolute Gasteiger partial charge is 0.00487 e. The van der Waals surface area contributed by atoms with Gasteiger partial charge in [0.05, 0.1) is 0 Å². The minimum atomic E-state index is 0.708. The van der Waals surface area contributed by atoms with Crippen molar-refractivity contribution in [1.29, 1.82) is 0 Å². The molecule has 1 heteroatoms. The molecule has 0 heterocycles. The first kappa shape index (κ1) is 8.79. The molecule has 2 unspecified atom stereocenters. The largest absolute Gasteiger partial charge is 0.330 e. The summed E-state index contributed by atoms with van der Waals surface area (Å²) in [4.78, 5) is 0. The van der Waals surface area contributed by atoms with Crippen molar-refractivity contribution in [2.75, 3.05) is 6.54 Å². The fourth-order valence-corrected chi connectivity index (χ4v) is 1.69. The van der Waals surface area contributed by atoms with Gasteiger partial charge in [-0.05, 0) is 44.6 Å². The van der Waals surface area contributed by atoms with Crippen molar-refractivity contribution in [3.05, 3.63) is 11.6 Å². The van der Waals surface area contributed by atoms with Gasteiger partial charge in [0.2, 0.25) is 0 Å². The van der Waals surface area contributed by atoms with Crippen molar-refractivity contribution in [1.82, 2.24) is 0 Å². The first-order valence-electron chi connectivity index (χ1n) is 4.59. The maximum absolute atomic E-state index is 5.62. The van der Waals surface area contributed by atoms with Gasteiger partial charge in [0, 0.05) is 0 Å². The normalized spacial score (nSPS) is 27.9. The van der Waals surface area contributed by atoms with Crippen molar-refractivity contribution in [3.63, 3.8) is 0 Å². The Morgan fingerprint density at radius 3 is 2.91 bits per heavy atom. The summed E-state index contributed by atoms with van der Waals surface area (Å²) in [6.07, 6.45) is 6.26. The molecule has 0 saturated carbocycles. The van der Waals surface area contributed by atoms with Crippen LogP contribution in [0.25, 0.3) is 0 Å². The quantitative estimate of drug-likeness (QED) is 0.605. The second-order valence-corrected chi connectivity index (χ2v) is 3.80. The minimum Gasteiger partial charge on any atom is -0.330 e. The third kappa shape index (κ3) is 2.33. The Hall–Kier alpha value is -0.300. The molecule has 0 bridgehead atoms. The topological polar surface area (TPSA) is 26.0 Å². The Kier molecular flexibility index (Phi) is 3.13. The summed E-state index contributed by atoms with van der Waals surface area (Å²) in [6.45, 7) is 5.33. The Balaban J connectivity index is 2.40. The Labute approximate surface area is 69.7 Å².